The lowest BCUT2D eigenvalue weighted by molar-refractivity contribution is 0.0930. The number of aromatic amines is 1. The molecule has 6 heteroatoms. The first-order valence-electron chi connectivity index (χ1n) is 4.59. The summed E-state index contributed by atoms with van der Waals surface area (Å²) < 4.78 is 0. The highest BCUT2D eigenvalue weighted by atomic mass is 35.5. The molecule has 1 heterocycles. The van der Waals surface area contributed by atoms with Gasteiger partial charge in [-0.3, -0.25) is 9.59 Å². The Kier molecular flexibility index (Phi) is 2.48. The Bertz CT molecular complexity index is 419. The third-order valence-corrected chi connectivity index (χ3v) is 2.91. The summed E-state index contributed by atoms with van der Waals surface area (Å²) in [6.45, 7) is 0. The molecule has 1 saturated carbocycles. The second-order valence-electron chi connectivity index (χ2n) is 3.67. The lowest BCUT2D eigenvalue weighted by Crippen LogP contribution is -2.38. The number of amides is 1. The molecule has 0 aromatic carbocycles. The summed E-state index contributed by atoms with van der Waals surface area (Å²) in [5.74, 6) is 0.103. The Hall–Kier alpha value is -1.36. The molecular weight excluding hydrogens is 218 g/mol. The van der Waals surface area contributed by atoms with Crippen molar-refractivity contribution in [2.45, 2.75) is 18.4 Å². The van der Waals surface area contributed by atoms with E-state index in [2.05, 4.69) is 15.5 Å². The Morgan fingerprint density at radius 2 is 2.33 bits per heavy atom. The third kappa shape index (κ3) is 2.18. The zero-order valence-electron chi connectivity index (χ0n) is 7.92. The molecule has 0 bridgehead atoms. The molecule has 1 aliphatic rings. The maximum absolute atomic E-state index is 11.6. The molecule has 5 nitrogen and oxygen atoms in total. The van der Waals surface area contributed by atoms with Crippen molar-refractivity contribution in [2.24, 2.45) is 0 Å². The average molecular weight is 228 g/mol. The molecule has 1 fully saturated rings. The third-order valence-electron chi connectivity index (χ3n) is 2.40. The topological polar surface area (TPSA) is 74.8 Å². The van der Waals surface area contributed by atoms with Crippen LogP contribution in [-0.4, -0.2) is 27.5 Å². The van der Waals surface area contributed by atoms with Crippen LogP contribution in [0, 0.1) is 0 Å². The zero-order chi connectivity index (χ0) is 10.9. The second-order valence-corrected chi connectivity index (χ2v) is 3.94. The van der Waals surface area contributed by atoms with Gasteiger partial charge in [0.25, 0.3) is 11.5 Å². The van der Waals surface area contributed by atoms with Gasteiger partial charge in [0, 0.05) is 11.9 Å². The molecule has 0 saturated heterocycles. The standard InChI is InChI=1S/C9H10ClN3O2/c10-5-9(3-4-9)11-8(15)6-1-2-7(14)13-12-6/h1-2H,3-5H2,(H,11,15)(H,13,14). The molecule has 0 spiro atoms. The van der Waals surface area contributed by atoms with E-state index in [9.17, 15) is 9.59 Å². The molecule has 2 rings (SSSR count). The fourth-order valence-electron chi connectivity index (χ4n) is 1.22. The van der Waals surface area contributed by atoms with Crippen LogP contribution >= 0.6 is 11.6 Å². The first kappa shape index (κ1) is 10.2. The van der Waals surface area contributed by atoms with E-state index >= 15 is 0 Å². The van der Waals surface area contributed by atoms with E-state index < -0.39 is 0 Å². The van der Waals surface area contributed by atoms with Gasteiger partial charge in [0.05, 0.1) is 5.54 Å². The minimum Gasteiger partial charge on any atom is -0.344 e. The molecule has 80 valence electrons. The van der Waals surface area contributed by atoms with Crippen LogP contribution in [0.15, 0.2) is 16.9 Å². The van der Waals surface area contributed by atoms with Crippen LogP contribution in [0.5, 0.6) is 0 Å². The normalized spacial score (nSPS) is 17.1. The van der Waals surface area contributed by atoms with E-state index in [-0.39, 0.29) is 22.7 Å². The van der Waals surface area contributed by atoms with Gasteiger partial charge in [-0.1, -0.05) is 0 Å². The van der Waals surface area contributed by atoms with Crippen LogP contribution in [0.2, 0.25) is 0 Å². The summed E-state index contributed by atoms with van der Waals surface area (Å²) in [6.07, 6.45) is 1.79. The molecule has 1 amide bonds. The van der Waals surface area contributed by atoms with E-state index in [1.54, 1.807) is 0 Å². The highest BCUT2D eigenvalue weighted by Gasteiger charge is 2.43. The lowest BCUT2D eigenvalue weighted by Gasteiger charge is -2.12. The average Bonchev–Trinajstić information content (AvgIpc) is 2.99. The minimum absolute atomic E-state index is 0.200. The molecule has 0 aliphatic heterocycles. The second kappa shape index (κ2) is 3.66. The largest absolute Gasteiger partial charge is 0.344 e. The molecule has 2 N–H and O–H groups in total. The van der Waals surface area contributed by atoms with Crippen molar-refractivity contribution in [1.82, 2.24) is 15.5 Å². The molecular formula is C9H10ClN3O2. The van der Waals surface area contributed by atoms with Gasteiger partial charge in [-0.25, -0.2) is 5.10 Å². The number of alkyl halides is 1. The summed E-state index contributed by atoms with van der Waals surface area (Å²) in [5.41, 5.74) is -0.382. The van der Waals surface area contributed by atoms with E-state index in [1.807, 2.05) is 0 Å². The minimum atomic E-state index is -0.329. The number of hydrogen-bond acceptors (Lipinski definition) is 3. The molecule has 1 aromatic rings. The number of H-pyrrole nitrogens is 1. The van der Waals surface area contributed by atoms with E-state index in [0.29, 0.717) is 5.88 Å². The Morgan fingerprint density at radius 1 is 1.60 bits per heavy atom. The number of nitrogens with one attached hydrogen (secondary N) is 2. The molecule has 0 unspecified atom stereocenters. The number of aromatic nitrogens is 2. The van der Waals surface area contributed by atoms with Gasteiger partial charge in [0.2, 0.25) is 0 Å². The van der Waals surface area contributed by atoms with Gasteiger partial charge in [-0.2, -0.15) is 5.10 Å². The van der Waals surface area contributed by atoms with Crippen LogP contribution in [0.1, 0.15) is 23.3 Å². The zero-order valence-corrected chi connectivity index (χ0v) is 8.67. The number of nitrogens with zero attached hydrogens (tertiary/aromatic N) is 1. The van der Waals surface area contributed by atoms with Gasteiger partial charge in [-0.15, -0.1) is 11.6 Å². The maximum Gasteiger partial charge on any atom is 0.272 e. The molecule has 0 radical (unpaired) electrons. The van der Waals surface area contributed by atoms with Crippen molar-refractivity contribution in [3.63, 3.8) is 0 Å². The Morgan fingerprint density at radius 3 is 2.80 bits per heavy atom. The van der Waals surface area contributed by atoms with E-state index in [0.717, 1.165) is 12.8 Å². The van der Waals surface area contributed by atoms with Crippen LogP contribution in [0.3, 0.4) is 0 Å². The van der Waals surface area contributed by atoms with Crippen molar-refractivity contribution in [3.05, 3.63) is 28.2 Å². The monoisotopic (exact) mass is 227 g/mol. The van der Waals surface area contributed by atoms with Gasteiger partial charge in [0.1, 0.15) is 5.69 Å². The number of rotatable bonds is 3. The van der Waals surface area contributed by atoms with E-state index in [1.165, 1.54) is 12.1 Å². The van der Waals surface area contributed by atoms with Crippen molar-refractivity contribution >= 4 is 17.5 Å². The Balaban J connectivity index is 2.08. The van der Waals surface area contributed by atoms with E-state index in [4.69, 9.17) is 11.6 Å². The molecule has 1 aromatic heterocycles. The van der Waals surface area contributed by atoms with Gasteiger partial charge >= 0.3 is 0 Å². The summed E-state index contributed by atoms with van der Waals surface area (Å²) in [5, 5.41) is 8.63. The highest BCUT2D eigenvalue weighted by Crippen LogP contribution is 2.36. The van der Waals surface area contributed by atoms with Crippen LogP contribution in [0.25, 0.3) is 0 Å². The smallest absolute Gasteiger partial charge is 0.272 e. The van der Waals surface area contributed by atoms with Crippen LogP contribution < -0.4 is 10.9 Å². The first-order valence-corrected chi connectivity index (χ1v) is 5.13. The van der Waals surface area contributed by atoms with Crippen molar-refractivity contribution in [1.29, 1.82) is 0 Å². The van der Waals surface area contributed by atoms with Crippen LogP contribution in [-0.2, 0) is 0 Å². The summed E-state index contributed by atoms with van der Waals surface area (Å²) in [6, 6.07) is 2.65. The Labute approximate surface area is 90.8 Å². The predicted octanol–water partition coefficient (Wildman–Crippen LogP) is 0.271. The fourth-order valence-corrected chi connectivity index (χ4v) is 1.55. The summed E-state index contributed by atoms with van der Waals surface area (Å²) in [4.78, 5) is 22.3. The molecule has 15 heavy (non-hydrogen) atoms. The molecule has 1 aliphatic carbocycles. The highest BCUT2D eigenvalue weighted by molar-refractivity contribution is 6.19. The quantitative estimate of drug-likeness (QED) is 0.728. The van der Waals surface area contributed by atoms with Crippen molar-refractivity contribution in [3.8, 4) is 0 Å². The number of carbonyl (C=O) groups is 1. The van der Waals surface area contributed by atoms with Gasteiger partial charge in [-0.05, 0) is 18.9 Å². The fraction of sp³-hybridized carbons (Fsp3) is 0.444. The van der Waals surface area contributed by atoms with Crippen molar-refractivity contribution in [2.75, 3.05) is 5.88 Å². The molecule has 0 atom stereocenters. The predicted molar refractivity (Wildman–Crippen MR) is 55.0 cm³/mol. The number of carbonyl (C=O) groups excluding carboxylic acids is 1. The number of halogens is 1. The van der Waals surface area contributed by atoms with Crippen LogP contribution in [0.4, 0.5) is 0 Å². The lowest BCUT2D eigenvalue weighted by atomic mass is 10.3. The maximum atomic E-state index is 11.6. The van der Waals surface area contributed by atoms with Gasteiger partial charge in [0.15, 0.2) is 0 Å². The van der Waals surface area contributed by atoms with Crippen molar-refractivity contribution < 1.29 is 4.79 Å². The SMILES string of the molecule is O=C(NC1(CCl)CC1)c1ccc(=O)[nH]n1. The summed E-state index contributed by atoms with van der Waals surface area (Å²) in [7, 11) is 0. The van der Waals surface area contributed by atoms with Gasteiger partial charge < -0.3 is 5.32 Å². The number of hydrogen-bond donors (Lipinski definition) is 2. The summed E-state index contributed by atoms with van der Waals surface area (Å²) >= 11 is 5.72. The first-order chi connectivity index (χ1) is 7.15.